The number of hydrogen-bond donors (Lipinski definition) is 0. The van der Waals surface area contributed by atoms with Crippen LogP contribution in [0.1, 0.15) is 24.3 Å². The van der Waals surface area contributed by atoms with E-state index < -0.39 is 22.0 Å². The minimum absolute atomic E-state index is 0.0295. The first kappa shape index (κ1) is 16.7. The van der Waals surface area contributed by atoms with E-state index in [9.17, 15) is 13.2 Å². The third-order valence-electron chi connectivity index (χ3n) is 3.97. The molecule has 7 nitrogen and oxygen atoms in total. The van der Waals surface area contributed by atoms with Crippen molar-refractivity contribution in [2.45, 2.75) is 37.6 Å². The Labute approximate surface area is 140 Å². The van der Waals surface area contributed by atoms with Gasteiger partial charge in [-0.3, -0.25) is 0 Å². The lowest BCUT2D eigenvalue weighted by Gasteiger charge is -2.22. The fourth-order valence-electron chi connectivity index (χ4n) is 2.90. The molecule has 0 N–H and O–H groups in total. The van der Waals surface area contributed by atoms with Crippen LogP contribution in [0.5, 0.6) is 5.75 Å². The molecule has 1 saturated heterocycles. The van der Waals surface area contributed by atoms with E-state index in [0.29, 0.717) is 18.6 Å². The Balaban J connectivity index is 1.86. The minimum atomic E-state index is -3.87. The standard InChI is InChI=1S/C16H18N2O5S/c1-11-15(12(2)23-17-11)24(20,21)18-10-6-9-14(18)16(19)22-13-7-4-3-5-8-13/h3-5,7-8,14H,6,9-10H2,1-2H3/t14-/m1/s1. The van der Waals surface area contributed by atoms with E-state index in [1.807, 2.05) is 0 Å². The molecule has 128 valence electrons. The zero-order chi connectivity index (χ0) is 17.3. The van der Waals surface area contributed by atoms with Gasteiger partial charge in [0.1, 0.15) is 22.4 Å². The normalized spacial score (nSPS) is 18.7. The van der Waals surface area contributed by atoms with Crippen molar-refractivity contribution >= 4 is 16.0 Å². The lowest BCUT2D eigenvalue weighted by atomic mass is 10.2. The van der Waals surface area contributed by atoms with Crippen LogP contribution in [0.25, 0.3) is 0 Å². The van der Waals surface area contributed by atoms with Crippen LogP contribution in [0.4, 0.5) is 0 Å². The first-order chi connectivity index (χ1) is 11.4. The lowest BCUT2D eigenvalue weighted by molar-refractivity contribution is -0.137. The van der Waals surface area contributed by atoms with Crippen molar-refractivity contribution < 1.29 is 22.5 Å². The van der Waals surface area contributed by atoms with E-state index in [-0.39, 0.29) is 22.9 Å². The van der Waals surface area contributed by atoms with Gasteiger partial charge in [0.2, 0.25) is 10.0 Å². The third kappa shape index (κ3) is 2.94. The largest absolute Gasteiger partial charge is 0.425 e. The molecule has 8 heteroatoms. The van der Waals surface area contributed by atoms with Gasteiger partial charge in [-0.15, -0.1) is 0 Å². The van der Waals surface area contributed by atoms with Crippen LogP contribution in [0.15, 0.2) is 39.8 Å². The summed E-state index contributed by atoms with van der Waals surface area (Å²) in [7, 11) is -3.87. The number of benzene rings is 1. The molecule has 2 heterocycles. The summed E-state index contributed by atoms with van der Waals surface area (Å²) < 4.78 is 37.3. The Kier molecular flexibility index (Phi) is 4.42. The first-order valence-corrected chi connectivity index (χ1v) is 9.06. The highest BCUT2D eigenvalue weighted by Gasteiger charge is 2.42. The molecule has 24 heavy (non-hydrogen) atoms. The number of ether oxygens (including phenoxy) is 1. The molecule has 0 unspecified atom stereocenters. The summed E-state index contributed by atoms with van der Waals surface area (Å²) >= 11 is 0. The second kappa shape index (κ2) is 6.37. The second-order valence-electron chi connectivity index (χ2n) is 5.66. The Bertz CT molecular complexity index is 825. The van der Waals surface area contributed by atoms with Crippen LogP contribution in [0, 0.1) is 13.8 Å². The predicted molar refractivity (Wildman–Crippen MR) is 85.0 cm³/mol. The van der Waals surface area contributed by atoms with Gasteiger partial charge in [-0.1, -0.05) is 23.4 Å². The van der Waals surface area contributed by atoms with E-state index in [4.69, 9.17) is 9.26 Å². The summed E-state index contributed by atoms with van der Waals surface area (Å²) in [5.74, 6) is 0.0349. The van der Waals surface area contributed by atoms with Crippen molar-refractivity contribution in [1.29, 1.82) is 0 Å². The van der Waals surface area contributed by atoms with Gasteiger partial charge < -0.3 is 9.26 Å². The minimum Gasteiger partial charge on any atom is -0.425 e. The van der Waals surface area contributed by atoms with Gasteiger partial charge in [0.25, 0.3) is 0 Å². The lowest BCUT2D eigenvalue weighted by Crippen LogP contribution is -2.42. The number of nitrogens with zero attached hydrogens (tertiary/aromatic N) is 2. The van der Waals surface area contributed by atoms with Crippen molar-refractivity contribution in [3.63, 3.8) is 0 Å². The highest BCUT2D eigenvalue weighted by Crippen LogP contribution is 2.30. The number of esters is 1. The second-order valence-corrected chi connectivity index (χ2v) is 7.49. The summed E-state index contributed by atoms with van der Waals surface area (Å²) in [4.78, 5) is 12.5. The molecule has 0 saturated carbocycles. The van der Waals surface area contributed by atoms with Gasteiger partial charge >= 0.3 is 5.97 Å². The number of hydrogen-bond acceptors (Lipinski definition) is 6. The van der Waals surface area contributed by atoms with Gasteiger partial charge in [-0.2, -0.15) is 4.31 Å². The van der Waals surface area contributed by atoms with Crippen LogP contribution >= 0.6 is 0 Å². The Morgan fingerprint density at radius 1 is 1.29 bits per heavy atom. The number of aryl methyl sites for hydroxylation is 2. The number of sulfonamides is 1. The van der Waals surface area contributed by atoms with E-state index in [1.165, 1.54) is 4.31 Å². The molecule has 0 radical (unpaired) electrons. The smallest absolute Gasteiger partial charge is 0.329 e. The molecular weight excluding hydrogens is 332 g/mol. The van der Waals surface area contributed by atoms with Crippen LogP contribution < -0.4 is 4.74 Å². The molecule has 1 aliphatic rings. The molecule has 1 aliphatic heterocycles. The average Bonchev–Trinajstić information content (AvgIpc) is 3.16. The average molecular weight is 350 g/mol. The topological polar surface area (TPSA) is 89.7 Å². The predicted octanol–water partition coefficient (Wildman–Crippen LogP) is 2.05. The SMILES string of the molecule is Cc1noc(C)c1S(=O)(=O)N1CCC[C@@H]1C(=O)Oc1ccccc1. The van der Waals surface area contributed by atoms with Crippen molar-refractivity contribution in [2.24, 2.45) is 0 Å². The maximum Gasteiger partial charge on any atom is 0.329 e. The van der Waals surface area contributed by atoms with Gasteiger partial charge in [-0.05, 0) is 38.8 Å². The number of carbonyl (C=O) groups excluding carboxylic acids is 1. The molecule has 1 aromatic carbocycles. The van der Waals surface area contributed by atoms with Crippen molar-refractivity contribution in [3.05, 3.63) is 41.8 Å². The number of aromatic nitrogens is 1. The zero-order valence-electron chi connectivity index (χ0n) is 13.4. The fourth-order valence-corrected chi connectivity index (χ4v) is 4.84. The van der Waals surface area contributed by atoms with E-state index >= 15 is 0 Å². The fraction of sp³-hybridized carbons (Fsp3) is 0.375. The molecule has 1 aromatic heterocycles. The summed E-state index contributed by atoms with van der Waals surface area (Å²) in [5, 5.41) is 3.69. The van der Waals surface area contributed by atoms with Gasteiger partial charge in [0.15, 0.2) is 5.76 Å². The van der Waals surface area contributed by atoms with Gasteiger partial charge in [0, 0.05) is 6.54 Å². The summed E-state index contributed by atoms with van der Waals surface area (Å²) in [6.45, 7) is 3.37. The summed E-state index contributed by atoms with van der Waals surface area (Å²) in [5.41, 5.74) is 0.287. The molecule has 2 aromatic rings. The quantitative estimate of drug-likeness (QED) is 0.619. The monoisotopic (exact) mass is 350 g/mol. The number of para-hydroxylation sites is 1. The summed E-state index contributed by atoms with van der Waals surface area (Å²) in [6, 6.07) is 7.76. The van der Waals surface area contributed by atoms with Crippen LogP contribution in [-0.2, 0) is 14.8 Å². The van der Waals surface area contributed by atoms with Crippen molar-refractivity contribution in [1.82, 2.24) is 9.46 Å². The Hall–Kier alpha value is -2.19. The van der Waals surface area contributed by atoms with Crippen molar-refractivity contribution in [2.75, 3.05) is 6.54 Å². The van der Waals surface area contributed by atoms with Crippen LogP contribution in [-0.4, -0.2) is 36.4 Å². The molecule has 0 bridgehead atoms. The molecule has 3 rings (SSSR count). The van der Waals surface area contributed by atoms with Gasteiger partial charge in [0.05, 0.1) is 0 Å². The van der Waals surface area contributed by atoms with Crippen molar-refractivity contribution in [3.8, 4) is 5.75 Å². The highest BCUT2D eigenvalue weighted by molar-refractivity contribution is 7.89. The zero-order valence-corrected chi connectivity index (χ0v) is 14.2. The van der Waals surface area contributed by atoms with Crippen LogP contribution in [0.2, 0.25) is 0 Å². The van der Waals surface area contributed by atoms with E-state index in [2.05, 4.69) is 5.16 Å². The Morgan fingerprint density at radius 2 is 2.00 bits per heavy atom. The van der Waals surface area contributed by atoms with E-state index in [1.54, 1.807) is 44.2 Å². The molecule has 0 spiro atoms. The van der Waals surface area contributed by atoms with Crippen LogP contribution in [0.3, 0.4) is 0 Å². The molecule has 0 aliphatic carbocycles. The van der Waals surface area contributed by atoms with E-state index in [0.717, 1.165) is 0 Å². The highest BCUT2D eigenvalue weighted by atomic mass is 32.2. The van der Waals surface area contributed by atoms with Gasteiger partial charge in [-0.25, -0.2) is 13.2 Å². The number of rotatable bonds is 4. The Morgan fingerprint density at radius 3 is 2.62 bits per heavy atom. The molecular formula is C16H18N2O5S. The molecule has 0 amide bonds. The first-order valence-electron chi connectivity index (χ1n) is 7.62. The number of carbonyl (C=O) groups is 1. The molecule has 1 atom stereocenters. The maximum absolute atomic E-state index is 12.9. The summed E-state index contributed by atoms with van der Waals surface area (Å²) in [6.07, 6.45) is 1.02. The maximum atomic E-state index is 12.9. The molecule has 1 fully saturated rings. The third-order valence-corrected chi connectivity index (χ3v) is 6.13.